The number of halogens is 1. The molecule has 9 nitrogen and oxygen atoms in total. The number of hydrogen-bond acceptors (Lipinski definition) is 6. The van der Waals surface area contributed by atoms with Crippen LogP contribution in [0, 0.1) is 5.41 Å². The van der Waals surface area contributed by atoms with Crippen molar-refractivity contribution in [2.75, 3.05) is 19.7 Å². The van der Waals surface area contributed by atoms with Gasteiger partial charge in [-0.2, -0.15) is 0 Å². The SMILES string of the molecule is CCCCCN(CC(=O)OCC)C(=O)Oc1ccc2c(c1)c(C(=O)CCc1ccc(C(=N)N)cc1)cn2C.Cl. The number of ether oxygens (including phenoxy) is 2. The van der Waals surface area contributed by atoms with Gasteiger partial charge in [0.15, 0.2) is 5.78 Å². The molecule has 1 aromatic heterocycles. The third kappa shape index (κ3) is 8.58. The van der Waals surface area contributed by atoms with Crippen molar-refractivity contribution in [2.45, 2.75) is 46.0 Å². The summed E-state index contributed by atoms with van der Waals surface area (Å²) in [4.78, 5) is 39.5. The number of ketones is 1. The lowest BCUT2D eigenvalue weighted by molar-refractivity contribution is -0.143. The molecule has 3 rings (SSSR count). The van der Waals surface area contributed by atoms with Crippen LogP contribution in [-0.4, -0.2) is 52.8 Å². The van der Waals surface area contributed by atoms with Gasteiger partial charge >= 0.3 is 12.1 Å². The number of fused-ring (bicyclic) bond motifs is 1. The molecule has 0 fully saturated rings. The molecule has 0 spiro atoms. The third-order valence-corrected chi connectivity index (χ3v) is 6.29. The molecular weight excluding hydrogens is 520 g/mol. The first-order valence-corrected chi connectivity index (χ1v) is 12.9. The number of rotatable bonds is 13. The molecular formula is C29H37ClN4O5. The first kappa shape index (κ1) is 31.4. The lowest BCUT2D eigenvalue weighted by Gasteiger charge is -2.21. The Kier molecular flexibility index (Phi) is 12.0. The first-order chi connectivity index (χ1) is 18.2. The van der Waals surface area contributed by atoms with Gasteiger partial charge in [-0.25, -0.2) is 4.79 Å². The van der Waals surface area contributed by atoms with E-state index in [1.807, 2.05) is 29.8 Å². The molecule has 210 valence electrons. The number of unbranched alkanes of at least 4 members (excludes halogenated alkanes) is 2. The Bertz CT molecular complexity index is 1300. The number of nitrogens with one attached hydrogen (secondary N) is 1. The van der Waals surface area contributed by atoms with E-state index in [0.29, 0.717) is 41.6 Å². The van der Waals surface area contributed by atoms with Crippen LogP contribution in [0.25, 0.3) is 10.9 Å². The number of nitrogen functional groups attached to an aromatic ring is 1. The molecule has 0 aliphatic rings. The van der Waals surface area contributed by atoms with Crippen molar-refractivity contribution in [1.82, 2.24) is 9.47 Å². The molecule has 39 heavy (non-hydrogen) atoms. The number of amidine groups is 1. The zero-order valence-corrected chi connectivity index (χ0v) is 23.5. The molecule has 0 unspecified atom stereocenters. The maximum absolute atomic E-state index is 13.2. The monoisotopic (exact) mass is 556 g/mol. The molecule has 0 saturated heterocycles. The number of carbonyl (C=O) groups excluding carboxylic acids is 3. The maximum atomic E-state index is 13.2. The normalized spacial score (nSPS) is 10.5. The number of aromatic nitrogens is 1. The van der Waals surface area contributed by atoms with Crippen molar-refractivity contribution < 1.29 is 23.9 Å². The van der Waals surface area contributed by atoms with Gasteiger partial charge in [0.1, 0.15) is 18.1 Å². The highest BCUT2D eigenvalue weighted by Crippen LogP contribution is 2.27. The van der Waals surface area contributed by atoms with Gasteiger partial charge in [-0.1, -0.05) is 44.0 Å². The Morgan fingerprint density at radius 3 is 2.41 bits per heavy atom. The third-order valence-electron chi connectivity index (χ3n) is 6.29. The molecule has 0 saturated carbocycles. The van der Waals surface area contributed by atoms with Crippen LogP contribution in [-0.2, 0) is 23.0 Å². The molecule has 2 aromatic carbocycles. The number of aryl methyl sites for hydroxylation is 2. The number of hydrogen-bond donors (Lipinski definition) is 2. The molecule has 10 heteroatoms. The molecule has 3 aromatic rings. The van der Waals surface area contributed by atoms with Crippen LogP contribution < -0.4 is 10.5 Å². The van der Waals surface area contributed by atoms with Crippen molar-refractivity contribution in [3.63, 3.8) is 0 Å². The van der Waals surface area contributed by atoms with Crippen molar-refractivity contribution >= 4 is 47.0 Å². The fourth-order valence-corrected chi connectivity index (χ4v) is 4.22. The second kappa shape index (κ2) is 14.9. The minimum Gasteiger partial charge on any atom is -0.465 e. The van der Waals surface area contributed by atoms with Crippen LogP contribution in [0.15, 0.2) is 48.7 Å². The van der Waals surface area contributed by atoms with Crippen LogP contribution in [0.3, 0.4) is 0 Å². The predicted octanol–water partition coefficient (Wildman–Crippen LogP) is 5.25. The predicted molar refractivity (Wildman–Crippen MR) is 154 cm³/mol. The van der Waals surface area contributed by atoms with Gasteiger partial charge in [-0.3, -0.25) is 19.9 Å². The van der Waals surface area contributed by atoms with E-state index in [2.05, 4.69) is 6.92 Å². The Morgan fingerprint density at radius 1 is 1.05 bits per heavy atom. The summed E-state index contributed by atoms with van der Waals surface area (Å²) in [6, 6.07) is 12.5. The number of Topliss-reactive ketones (excluding diaryl/α,β-unsaturated/α-hetero) is 1. The number of nitrogens with two attached hydrogens (primary N) is 1. The molecule has 0 radical (unpaired) electrons. The molecule has 1 heterocycles. The zero-order chi connectivity index (χ0) is 27.7. The summed E-state index contributed by atoms with van der Waals surface area (Å²) in [6.45, 7) is 4.22. The Morgan fingerprint density at radius 2 is 1.77 bits per heavy atom. The van der Waals surface area contributed by atoms with Crippen LogP contribution in [0.5, 0.6) is 5.75 Å². The summed E-state index contributed by atoms with van der Waals surface area (Å²) in [7, 11) is 1.86. The van der Waals surface area contributed by atoms with E-state index in [0.717, 1.165) is 30.3 Å². The fraction of sp³-hybridized carbons (Fsp3) is 0.379. The van der Waals surface area contributed by atoms with Crippen LogP contribution in [0.4, 0.5) is 4.79 Å². The van der Waals surface area contributed by atoms with Gasteiger partial charge in [0, 0.05) is 48.2 Å². The summed E-state index contributed by atoms with van der Waals surface area (Å²) in [5.41, 5.74) is 8.51. The average Bonchev–Trinajstić information content (AvgIpc) is 3.22. The highest BCUT2D eigenvalue weighted by molar-refractivity contribution is 6.08. The Hall–Kier alpha value is -3.85. The van der Waals surface area contributed by atoms with Crippen molar-refractivity contribution in [1.29, 1.82) is 5.41 Å². The standard InChI is InChI=1S/C29H36N4O5.ClH/c1-4-6-7-16-33(19-27(35)37-5-2)29(36)38-22-13-14-25-23(17-22)24(18-32(25)3)26(34)15-10-20-8-11-21(12-9-20)28(30)31;/h8-9,11-14,17-18H,4-7,10,15-16,19H2,1-3H3,(H3,30,31);1H. The summed E-state index contributed by atoms with van der Waals surface area (Å²) in [6.07, 6.45) is 4.65. The topological polar surface area (TPSA) is 128 Å². The maximum Gasteiger partial charge on any atom is 0.415 e. The molecule has 1 amide bonds. The summed E-state index contributed by atoms with van der Waals surface area (Å²) in [5.74, 6) is -0.210. The van der Waals surface area contributed by atoms with Crippen LogP contribution in [0.2, 0.25) is 0 Å². The van der Waals surface area contributed by atoms with Crippen molar-refractivity contribution in [3.05, 3.63) is 65.4 Å². The van der Waals surface area contributed by atoms with Gasteiger partial charge in [0.25, 0.3) is 0 Å². The van der Waals surface area contributed by atoms with Crippen molar-refractivity contribution in [3.8, 4) is 5.75 Å². The van der Waals surface area contributed by atoms with E-state index in [-0.39, 0.29) is 37.2 Å². The van der Waals surface area contributed by atoms with E-state index in [1.54, 1.807) is 37.4 Å². The second-order valence-electron chi connectivity index (χ2n) is 9.17. The van der Waals surface area contributed by atoms with Gasteiger partial charge < -0.3 is 19.8 Å². The smallest absolute Gasteiger partial charge is 0.415 e. The van der Waals surface area contributed by atoms with Crippen LogP contribution in [0.1, 0.15) is 61.0 Å². The number of benzene rings is 2. The van der Waals surface area contributed by atoms with Gasteiger partial charge in [-0.15, -0.1) is 12.4 Å². The first-order valence-electron chi connectivity index (χ1n) is 12.9. The number of amides is 1. The fourth-order valence-electron chi connectivity index (χ4n) is 4.22. The van der Waals surface area contributed by atoms with Gasteiger partial charge in [-0.05, 0) is 43.5 Å². The number of nitrogens with zero attached hydrogens (tertiary/aromatic N) is 2. The Labute approximate surface area is 235 Å². The van der Waals surface area contributed by atoms with E-state index < -0.39 is 12.1 Å². The van der Waals surface area contributed by atoms with E-state index in [4.69, 9.17) is 20.6 Å². The average molecular weight is 557 g/mol. The molecule has 0 aliphatic heterocycles. The number of esters is 1. The highest BCUT2D eigenvalue weighted by Gasteiger charge is 2.21. The van der Waals surface area contributed by atoms with Crippen molar-refractivity contribution in [2.24, 2.45) is 12.8 Å². The van der Waals surface area contributed by atoms with E-state index in [1.165, 1.54) is 4.90 Å². The lowest BCUT2D eigenvalue weighted by atomic mass is 10.0. The molecule has 3 N–H and O–H groups in total. The van der Waals surface area contributed by atoms with E-state index in [9.17, 15) is 14.4 Å². The quantitative estimate of drug-likeness (QED) is 0.0972. The lowest BCUT2D eigenvalue weighted by Crippen LogP contribution is -2.39. The Balaban J connectivity index is 0.00000533. The molecule has 0 atom stereocenters. The van der Waals surface area contributed by atoms with Gasteiger partial charge in [0.05, 0.1) is 6.61 Å². The summed E-state index contributed by atoms with van der Waals surface area (Å²) < 4.78 is 12.5. The summed E-state index contributed by atoms with van der Waals surface area (Å²) in [5, 5.41) is 8.19. The van der Waals surface area contributed by atoms with E-state index >= 15 is 0 Å². The molecule has 0 aliphatic carbocycles. The summed E-state index contributed by atoms with van der Waals surface area (Å²) >= 11 is 0. The highest BCUT2D eigenvalue weighted by atomic mass is 35.5. The van der Waals surface area contributed by atoms with Crippen LogP contribution >= 0.6 is 12.4 Å². The van der Waals surface area contributed by atoms with Gasteiger partial charge in [0.2, 0.25) is 0 Å². The largest absolute Gasteiger partial charge is 0.465 e. The number of carbonyl (C=O) groups is 3. The minimum absolute atomic E-state index is 0. The minimum atomic E-state index is -0.633. The zero-order valence-electron chi connectivity index (χ0n) is 22.7. The second-order valence-corrected chi connectivity index (χ2v) is 9.17. The molecule has 0 bridgehead atoms.